The Morgan fingerprint density at radius 2 is 2.22 bits per heavy atom. The van der Waals surface area contributed by atoms with Gasteiger partial charge in [0.1, 0.15) is 18.5 Å². The van der Waals surface area contributed by atoms with Gasteiger partial charge in [-0.1, -0.05) is 6.07 Å². The number of pyridine rings is 1. The molecule has 0 N–H and O–H groups in total. The van der Waals surface area contributed by atoms with E-state index in [2.05, 4.69) is 30.7 Å². The first-order valence-electron chi connectivity index (χ1n) is 9.30. The molecule has 0 aromatic carbocycles. The van der Waals surface area contributed by atoms with Crippen molar-refractivity contribution in [3.05, 3.63) is 61.0 Å². The molecule has 1 saturated heterocycles. The van der Waals surface area contributed by atoms with E-state index in [-0.39, 0.29) is 11.8 Å². The van der Waals surface area contributed by atoms with Gasteiger partial charge in [-0.3, -0.25) is 14.5 Å². The van der Waals surface area contributed by atoms with E-state index in [0.717, 1.165) is 43.9 Å². The van der Waals surface area contributed by atoms with E-state index in [0.29, 0.717) is 13.0 Å². The van der Waals surface area contributed by atoms with Gasteiger partial charge in [-0.15, -0.1) is 0 Å². The number of hydrogen-bond donors (Lipinski definition) is 0. The Hall–Kier alpha value is -3.03. The average molecular weight is 365 g/mol. The van der Waals surface area contributed by atoms with Crippen molar-refractivity contribution in [2.24, 2.45) is 0 Å². The van der Waals surface area contributed by atoms with Crippen LogP contribution >= 0.6 is 0 Å². The van der Waals surface area contributed by atoms with E-state index < -0.39 is 0 Å². The molecule has 140 valence electrons. The van der Waals surface area contributed by atoms with Gasteiger partial charge < -0.3 is 9.47 Å². The topological polar surface area (TPSA) is 81.7 Å². The van der Waals surface area contributed by atoms with Crippen molar-refractivity contribution < 1.29 is 4.79 Å². The third kappa shape index (κ3) is 4.21. The summed E-state index contributed by atoms with van der Waals surface area (Å²) in [6.45, 7) is 2.85. The molecule has 1 aliphatic heterocycles. The van der Waals surface area contributed by atoms with Gasteiger partial charge in [0.15, 0.2) is 0 Å². The number of piperidine rings is 1. The van der Waals surface area contributed by atoms with Crippen molar-refractivity contribution in [2.75, 3.05) is 13.1 Å². The molecule has 8 nitrogen and oxygen atoms in total. The van der Waals surface area contributed by atoms with E-state index in [9.17, 15) is 4.79 Å². The second-order valence-electron chi connectivity index (χ2n) is 6.86. The molecule has 1 amide bonds. The number of rotatable bonds is 6. The maximum atomic E-state index is 12.6. The van der Waals surface area contributed by atoms with Gasteiger partial charge >= 0.3 is 0 Å². The van der Waals surface area contributed by atoms with E-state index in [1.807, 2.05) is 29.6 Å². The molecule has 3 aromatic rings. The van der Waals surface area contributed by atoms with Gasteiger partial charge in [0, 0.05) is 50.2 Å². The van der Waals surface area contributed by atoms with Crippen LogP contribution in [0.3, 0.4) is 0 Å². The lowest BCUT2D eigenvalue weighted by atomic mass is 9.96. The molecule has 1 unspecified atom stereocenters. The van der Waals surface area contributed by atoms with Crippen LogP contribution in [-0.2, 0) is 17.9 Å². The van der Waals surface area contributed by atoms with Crippen LogP contribution in [0.15, 0.2) is 49.6 Å². The SMILES string of the molecule is O=C(CCn1cncn1)N1CCCC(c2nccn2Cc2cccnc2)C1. The summed E-state index contributed by atoms with van der Waals surface area (Å²) in [5.74, 6) is 1.48. The summed E-state index contributed by atoms with van der Waals surface area (Å²) in [7, 11) is 0. The molecular formula is C19H23N7O. The van der Waals surface area contributed by atoms with Crippen LogP contribution in [0.5, 0.6) is 0 Å². The first-order chi connectivity index (χ1) is 13.3. The van der Waals surface area contributed by atoms with Crippen molar-refractivity contribution in [1.82, 2.24) is 34.2 Å². The Balaban J connectivity index is 1.40. The summed E-state index contributed by atoms with van der Waals surface area (Å²) < 4.78 is 3.87. The number of carbonyl (C=O) groups is 1. The second-order valence-corrected chi connectivity index (χ2v) is 6.86. The van der Waals surface area contributed by atoms with Crippen LogP contribution in [0.1, 0.15) is 36.6 Å². The molecule has 0 aliphatic carbocycles. The van der Waals surface area contributed by atoms with Crippen LogP contribution in [0.25, 0.3) is 0 Å². The Morgan fingerprint density at radius 1 is 1.26 bits per heavy atom. The summed E-state index contributed by atoms with van der Waals surface area (Å²) in [5.41, 5.74) is 1.15. The first-order valence-corrected chi connectivity index (χ1v) is 9.30. The highest BCUT2D eigenvalue weighted by Gasteiger charge is 2.27. The molecule has 0 bridgehead atoms. The van der Waals surface area contributed by atoms with Crippen molar-refractivity contribution in [2.45, 2.75) is 38.3 Å². The lowest BCUT2D eigenvalue weighted by Gasteiger charge is -2.32. The first kappa shape index (κ1) is 17.4. The maximum Gasteiger partial charge on any atom is 0.224 e. The minimum absolute atomic E-state index is 0.167. The molecule has 0 spiro atoms. The summed E-state index contributed by atoms with van der Waals surface area (Å²) in [6, 6.07) is 4.01. The summed E-state index contributed by atoms with van der Waals surface area (Å²) in [6.07, 6.45) is 13.1. The molecular weight excluding hydrogens is 342 g/mol. The largest absolute Gasteiger partial charge is 0.342 e. The zero-order chi connectivity index (χ0) is 18.5. The number of likely N-dealkylation sites (tertiary alicyclic amines) is 1. The highest BCUT2D eigenvalue weighted by Crippen LogP contribution is 2.26. The molecule has 4 rings (SSSR count). The number of carbonyl (C=O) groups excluding carboxylic acids is 1. The minimum Gasteiger partial charge on any atom is -0.342 e. The fourth-order valence-corrected chi connectivity index (χ4v) is 3.63. The van der Waals surface area contributed by atoms with E-state index >= 15 is 0 Å². The van der Waals surface area contributed by atoms with E-state index in [4.69, 9.17) is 0 Å². The van der Waals surface area contributed by atoms with Crippen LogP contribution in [0.2, 0.25) is 0 Å². The Labute approximate surface area is 157 Å². The standard InChI is InChI=1S/C19H23N7O/c27-18(5-9-26-15-21-14-23-26)24-8-2-4-17(13-24)19-22-7-10-25(19)12-16-3-1-6-20-11-16/h1,3,6-7,10-11,14-15,17H,2,4-5,8-9,12-13H2. The second kappa shape index (κ2) is 8.11. The minimum atomic E-state index is 0.167. The molecule has 1 atom stereocenters. The third-order valence-corrected chi connectivity index (χ3v) is 4.98. The summed E-state index contributed by atoms with van der Waals surface area (Å²) in [5, 5.41) is 4.06. The quantitative estimate of drug-likeness (QED) is 0.664. The lowest BCUT2D eigenvalue weighted by Crippen LogP contribution is -2.40. The van der Waals surface area contributed by atoms with E-state index in [1.165, 1.54) is 6.33 Å². The molecule has 0 radical (unpaired) electrons. The molecule has 4 heterocycles. The van der Waals surface area contributed by atoms with Crippen LogP contribution in [0, 0.1) is 0 Å². The molecule has 3 aromatic heterocycles. The zero-order valence-electron chi connectivity index (χ0n) is 15.2. The van der Waals surface area contributed by atoms with Crippen LogP contribution in [-0.4, -0.2) is 53.2 Å². The van der Waals surface area contributed by atoms with Crippen molar-refractivity contribution in [3.63, 3.8) is 0 Å². The van der Waals surface area contributed by atoms with Crippen LogP contribution < -0.4 is 0 Å². The Morgan fingerprint density at radius 3 is 3.04 bits per heavy atom. The van der Waals surface area contributed by atoms with Gasteiger partial charge in [-0.25, -0.2) is 9.97 Å². The smallest absolute Gasteiger partial charge is 0.224 e. The normalized spacial score (nSPS) is 17.2. The predicted molar refractivity (Wildman–Crippen MR) is 98.8 cm³/mol. The molecule has 1 aliphatic rings. The number of aryl methyl sites for hydroxylation is 1. The molecule has 1 fully saturated rings. The predicted octanol–water partition coefficient (Wildman–Crippen LogP) is 1.71. The van der Waals surface area contributed by atoms with Crippen molar-refractivity contribution in [1.29, 1.82) is 0 Å². The van der Waals surface area contributed by atoms with Gasteiger partial charge in [-0.2, -0.15) is 5.10 Å². The molecule has 0 saturated carbocycles. The molecule has 8 heteroatoms. The Kier molecular flexibility index (Phi) is 5.22. The van der Waals surface area contributed by atoms with Gasteiger partial charge in [0.25, 0.3) is 0 Å². The zero-order valence-corrected chi connectivity index (χ0v) is 15.2. The molecule has 27 heavy (non-hydrogen) atoms. The summed E-state index contributed by atoms with van der Waals surface area (Å²) in [4.78, 5) is 27.3. The maximum absolute atomic E-state index is 12.6. The number of aromatic nitrogens is 6. The van der Waals surface area contributed by atoms with Gasteiger partial charge in [0.2, 0.25) is 5.91 Å². The highest BCUT2D eigenvalue weighted by molar-refractivity contribution is 5.76. The Bertz CT molecular complexity index is 859. The number of imidazole rings is 1. The number of nitrogens with zero attached hydrogens (tertiary/aromatic N) is 7. The van der Waals surface area contributed by atoms with Gasteiger partial charge in [0.05, 0.1) is 13.1 Å². The fraction of sp³-hybridized carbons (Fsp3) is 0.421. The highest BCUT2D eigenvalue weighted by atomic mass is 16.2. The van der Waals surface area contributed by atoms with Gasteiger partial charge in [-0.05, 0) is 24.5 Å². The lowest BCUT2D eigenvalue weighted by molar-refractivity contribution is -0.132. The monoisotopic (exact) mass is 365 g/mol. The number of amides is 1. The number of hydrogen-bond acceptors (Lipinski definition) is 5. The fourth-order valence-electron chi connectivity index (χ4n) is 3.63. The average Bonchev–Trinajstić information content (AvgIpc) is 3.39. The summed E-state index contributed by atoms with van der Waals surface area (Å²) >= 11 is 0. The third-order valence-electron chi connectivity index (χ3n) is 4.98. The van der Waals surface area contributed by atoms with E-state index in [1.54, 1.807) is 17.2 Å². The van der Waals surface area contributed by atoms with Crippen molar-refractivity contribution >= 4 is 5.91 Å². The van der Waals surface area contributed by atoms with Crippen molar-refractivity contribution in [3.8, 4) is 0 Å². The van der Waals surface area contributed by atoms with Crippen LogP contribution in [0.4, 0.5) is 0 Å².